The Kier molecular flexibility index (Phi) is 23.1. The van der Waals surface area contributed by atoms with Crippen molar-refractivity contribution in [3.63, 3.8) is 0 Å². The normalized spacial score (nSPS) is 19.2. The Hall–Kier alpha value is -8.38. The topological polar surface area (TPSA) is 157 Å². The highest BCUT2D eigenvalue weighted by Gasteiger charge is 2.50. The molecule has 1 spiro atoms. The number of likely N-dealkylation sites (N-methyl/N-ethyl adjacent to an activating group) is 2. The molecule has 99 heavy (non-hydrogen) atoms. The number of para-hydroxylation sites is 1. The van der Waals surface area contributed by atoms with Crippen LogP contribution in [0.1, 0.15) is 119 Å². The van der Waals surface area contributed by atoms with Crippen molar-refractivity contribution in [1.29, 1.82) is 0 Å². The molecule has 4 fully saturated rings. The molecular formula is C76H87F7N8O8. The van der Waals surface area contributed by atoms with Gasteiger partial charge >= 0.3 is 18.4 Å². The van der Waals surface area contributed by atoms with Gasteiger partial charge in [0.15, 0.2) is 0 Å². The highest BCUT2D eigenvalue weighted by atomic mass is 19.4. The van der Waals surface area contributed by atoms with Crippen LogP contribution < -0.4 is 10.6 Å². The van der Waals surface area contributed by atoms with Crippen molar-refractivity contribution < 1.29 is 68.9 Å². The number of amides is 5. The first-order valence-corrected chi connectivity index (χ1v) is 34.4. The van der Waals surface area contributed by atoms with Crippen LogP contribution in [0, 0.1) is 11.7 Å². The van der Waals surface area contributed by atoms with E-state index in [0.717, 1.165) is 98.4 Å². The van der Waals surface area contributed by atoms with E-state index in [1.165, 1.54) is 29.8 Å². The molecule has 0 aromatic heterocycles. The van der Waals surface area contributed by atoms with Gasteiger partial charge in [0.05, 0.1) is 29.5 Å². The number of piperidine rings is 3. The summed E-state index contributed by atoms with van der Waals surface area (Å²) in [6.07, 6.45) is -2.92. The minimum atomic E-state index is -5.15. The van der Waals surface area contributed by atoms with Crippen LogP contribution in [-0.4, -0.2) is 177 Å². The van der Waals surface area contributed by atoms with Gasteiger partial charge in [-0.2, -0.15) is 26.3 Å². The van der Waals surface area contributed by atoms with E-state index in [2.05, 4.69) is 32.6 Å². The molecule has 2 atom stereocenters. The van der Waals surface area contributed by atoms with E-state index in [9.17, 15) is 54.7 Å². The van der Waals surface area contributed by atoms with Crippen molar-refractivity contribution >= 4 is 41.1 Å². The molecule has 1 aliphatic carbocycles. The lowest BCUT2D eigenvalue weighted by Gasteiger charge is -2.44. The molecule has 0 saturated carbocycles. The maximum Gasteiger partial charge on any atom is 0.416 e. The zero-order valence-corrected chi connectivity index (χ0v) is 56.1. The fourth-order valence-corrected chi connectivity index (χ4v) is 14.7. The van der Waals surface area contributed by atoms with Crippen molar-refractivity contribution in [3.05, 3.63) is 190 Å². The van der Waals surface area contributed by atoms with Crippen LogP contribution in [0.4, 0.5) is 46.9 Å². The molecule has 0 unspecified atom stereocenters. The van der Waals surface area contributed by atoms with Crippen molar-refractivity contribution in [2.75, 3.05) is 117 Å². The molecule has 4 aliphatic heterocycles. The number of carbonyl (C=O) groups is 5. The molecule has 6 aromatic rings. The monoisotopic (exact) mass is 1370 g/mol. The van der Waals surface area contributed by atoms with Crippen LogP contribution in [0.3, 0.4) is 0 Å². The molecule has 11 rings (SSSR count). The van der Waals surface area contributed by atoms with Crippen LogP contribution in [0.5, 0.6) is 0 Å². The molecule has 4 saturated heterocycles. The number of hydrogen-bond donors (Lipinski definition) is 2. The van der Waals surface area contributed by atoms with Crippen molar-refractivity contribution in [2.24, 2.45) is 5.92 Å². The first-order valence-electron chi connectivity index (χ1n) is 34.4. The van der Waals surface area contributed by atoms with Gasteiger partial charge in [0.25, 0.3) is 11.8 Å². The Labute approximate surface area is 573 Å². The Morgan fingerprint density at radius 2 is 1.29 bits per heavy atom. The van der Waals surface area contributed by atoms with E-state index in [1.54, 1.807) is 16.8 Å². The second-order valence-electron chi connectivity index (χ2n) is 27.1. The molecule has 6 aromatic carbocycles. The predicted molar refractivity (Wildman–Crippen MR) is 362 cm³/mol. The number of hydrogen-bond acceptors (Lipinski definition) is 11. The summed E-state index contributed by atoms with van der Waals surface area (Å²) >= 11 is 0. The Balaban J connectivity index is 0.565. The van der Waals surface area contributed by atoms with E-state index in [4.69, 9.17) is 14.2 Å². The zero-order chi connectivity index (χ0) is 69.9. The van der Waals surface area contributed by atoms with Gasteiger partial charge in [-0.25, -0.2) is 9.18 Å². The number of unbranched alkanes of at least 4 members (excludes halogenated alkanes) is 2. The van der Waals surface area contributed by atoms with E-state index in [-0.39, 0.29) is 61.5 Å². The number of benzene rings is 6. The fourth-order valence-electron chi connectivity index (χ4n) is 14.7. The van der Waals surface area contributed by atoms with Crippen LogP contribution >= 0.6 is 0 Å². The van der Waals surface area contributed by atoms with Gasteiger partial charge < -0.3 is 48.9 Å². The minimum absolute atomic E-state index is 0.0246. The van der Waals surface area contributed by atoms with E-state index in [1.807, 2.05) is 103 Å². The maximum absolute atomic E-state index is 14.3. The number of nitrogens with one attached hydrogen (secondary N) is 2. The Morgan fingerprint density at radius 3 is 1.99 bits per heavy atom. The van der Waals surface area contributed by atoms with Crippen LogP contribution in [0.25, 0.3) is 11.1 Å². The number of nitrogens with zero attached hydrogens (tertiary/aromatic N) is 6. The molecule has 528 valence electrons. The van der Waals surface area contributed by atoms with Gasteiger partial charge in [-0.1, -0.05) is 91.3 Å². The largest absolute Gasteiger partial charge is 0.446 e. The standard InChI is InChI=1S/C76H87F7N8O8/c1-86(43-44-88-36-30-63(31-37-88)99-72(96)85-66-18-11-9-16-64(66)54-13-5-3-6-14-54)68(92)19-7-4-12-35-84-62-26-20-55(21-27-62)70(94)90-38-28-53(29-39-90)49-87(2)69(93)50-97-67-47-56-15-8-10-17-65(56)73(67)32-40-89(41-33-73)42-34-74(58-22-24-61(77)25-23-58)51-91(52-98-74)71(95)57-45-59(75(78,79)80)48-60(46-57)76(81,82)83/h3,5-6,8-11,13-18,20-27,45-46,48,53,63,67,84H,4,7,12,19,28-44,47,49-52H2,1-2H3,(H,85,96)/t67-,74-/m0/s1. The van der Waals surface area contributed by atoms with Gasteiger partial charge in [0.2, 0.25) is 11.8 Å². The van der Waals surface area contributed by atoms with Gasteiger partial charge in [0.1, 0.15) is 30.9 Å². The van der Waals surface area contributed by atoms with E-state index in [0.29, 0.717) is 100 Å². The SMILES string of the molecule is CN(CCN1CCC(OC(=O)Nc2ccccc2-c2ccccc2)CC1)C(=O)CCCCCNc1ccc(C(=O)N2CCC(CN(C)C(=O)CO[C@H]3Cc4ccccc4C34CCN(CC[C@@]3(c5ccc(F)cc5)CN(C(=O)c5cc(C(F)(F)F)cc(C(F)(F)F)c5)CO3)CC4)CC2)cc1. The predicted octanol–water partition coefficient (Wildman–Crippen LogP) is 13.4. The first kappa shape index (κ1) is 71.9. The number of likely N-dealkylation sites (tertiary alicyclic amines) is 3. The number of rotatable bonds is 24. The Morgan fingerprint density at radius 1 is 0.646 bits per heavy atom. The molecule has 23 heteroatoms. The second kappa shape index (κ2) is 31.9. The van der Waals surface area contributed by atoms with Crippen LogP contribution in [-0.2, 0) is 53.6 Å². The third-order valence-electron chi connectivity index (χ3n) is 20.6. The van der Waals surface area contributed by atoms with Gasteiger partial charge in [-0.3, -0.25) is 24.5 Å². The third kappa shape index (κ3) is 18.0. The first-order chi connectivity index (χ1) is 47.5. The minimum Gasteiger partial charge on any atom is -0.446 e. The number of halogens is 7. The number of alkyl halides is 6. The van der Waals surface area contributed by atoms with Gasteiger partial charge in [-0.15, -0.1) is 0 Å². The molecule has 0 radical (unpaired) electrons. The smallest absolute Gasteiger partial charge is 0.416 e. The summed E-state index contributed by atoms with van der Waals surface area (Å²) in [4.78, 5) is 78.2. The van der Waals surface area contributed by atoms with Crippen molar-refractivity contribution in [2.45, 2.75) is 113 Å². The molecule has 0 bridgehead atoms. The average Bonchev–Trinajstić information content (AvgIpc) is 1.60. The third-order valence-corrected chi connectivity index (χ3v) is 20.6. The lowest BCUT2D eigenvalue weighted by atomic mass is 9.72. The lowest BCUT2D eigenvalue weighted by molar-refractivity contribution is -0.143. The molecule has 5 aliphatic rings. The number of ether oxygens (including phenoxy) is 3. The average molecular weight is 1370 g/mol. The fraction of sp³-hybridized carbons (Fsp3) is 0.461. The summed E-state index contributed by atoms with van der Waals surface area (Å²) in [7, 11) is 3.65. The van der Waals surface area contributed by atoms with E-state index < -0.39 is 64.6 Å². The zero-order valence-electron chi connectivity index (χ0n) is 56.1. The maximum atomic E-state index is 14.3. The van der Waals surface area contributed by atoms with Gasteiger partial charge in [-0.05, 0) is 166 Å². The molecule has 16 nitrogen and oxygen atoms in total. The quantitative estimate of drug-likeness (QED) is 0.0439. The highest BCUT2D eigenvalue weighted by molar-refractivity contribution is 5.96. The molecule has 4 heterocycles. The number of carbonyl (C=O) groups excluding carboxylic acids is 5. The van der Waals surface area contributed by atoms with E-state index >= 15 is 0 Å². The summed E-state index contributed by atoms with van der Waals surface area (Å²) in [5, 5.41) is 6.38. The molecule has 2 N–H and O–H groups in total. The summed E-state index contributed by atoms with van der Waals surface area (Å²) in [6.45, 7) is 6.30. The van der Waals surface area contributed by atoms with Crippen LogP contribution in [0.15, 0.2) is 146 Å². The molecule has 5 amide bonds. The summed E-state index contributed by atoms with van der Waals surface area (Å²) in [5.74, 6) is -1.44. The van der Waals surface area contributed by atoms with Crippen LogP contribution in [0.2, 0.25) is 0 Å². The second-order valence-corrected chi connectivity index (χ2v) is 27.1. The number of fused-ring (bicyclic) bond motifs is 2. The molecular weight excluding hydrogens is 1290 g/mol. The Bertz CT molecular complexity index is 3710. The number of anilines is 2. The van der Waals surface area contributed by atoms with Crippen molar-refractivity contribution in [1.82, 2.24) is 29.4 Å². The summed E-state index contributed by atoms with van der Waals surface area (Å²) in [5.41, 5.74) is 1.36. The summed E-state index contributed by atoms with van der Waals surface area (Å²) in [6, 6.07) is 39.6. The van der Waals surface area contributed by atoms with Crippen molar-refractivity contribution in [3.8, 4) is 11.1 Å². The highest BCUT2D eigenvalue weighted by Crippen LogP contribution is 2.49. The van der Waals surface area contributed by atoms with Gasteiger partial charge in [0, 0.05) is 107 Å². The summed E-state index contributed by atoms with van der Waals surface area (Å²) < 4.78 is 116. The lowest BCUT2D eigenvalue weighted by Crippen LogP contribution is -2.50.